The average molecular weight is 233 g/mol. The number of hydrogen-bond acceptors (Lipinski definition) is 6. The van der Waals surface area contributed by atoms with Crippen molar-refractivity contribution in [3.63, 3.8) is 0 Å². The van der Waals surface area contributed by atoms with Crippen molar-refractivity contribution in [1.82, 2.24) is 14.7 Å². The number of thioether (sulfide) groups is 1. The molecule has 1 atom stereocenters. The van der Waals surface area contributed by atoms with Gasteiger partial charge in [0.25, 0.3) is 0 Å². The van der Waals surface area contributed by atoms with E-state index in [0.29, 0.717) is 6.04 Å². The van der Waals surface area contributed by atoms with Gasteiger partial charge < -0.3 is 10.4 Å². The van der Waals surface area contributed by atoms with Gasteiger partial charge in [0.05, 0.1) is 0 Å². The Morgan fingerprint density at radius 1 is 1.64 bits per heavy atom. The minimum atomic E-state index is 0.223. The third-order valence-electron chi connectivity index (χ3n) is 1.80. The molecule has 1 rings (SSSR count). The first-order valence-electron chi connectivity index (χ1n) is 4.47. The van der Waals surface area contributed by atoms with Gasteiger partial charge in [0, 0.05) is 18.4 Å². The Morgan fingerprint density at radius 3 is 2.93 bits per heavy atom. The van der Waals surface area contributed by atoms with Crippen LogP contribution in [-0.2, 0) is 0 Å². The molecule has 1 aromatic heterocycles. The molecule has 2 N–H and O–H groups in total. The molecule has 0 bridgehead atoms. The van der Waals surface area contributed by atoms with E-state index in [9.17, 15) is 0 Å². The lowest BCUT2D eigenvalue weighted by molar-refractivity contribution is 0.273. The molecule has 80 valence electrons. The zero-order valence-corrected chi connectivity index (χ0v) is 9.99. The van der Waals surface area contributed by atoms with E-state index < -0.39 is 0 Å². The fraction of sp³-hybridized carbons (Fsp3) is 0.750. The van der Waals surface area contributed by atoms with Gasteiger partial charge in [-0.15, -0.1) is 0 Å². The van der Waals surface area contributed by atoms with Crippen molar-refractivity contribution in [2.75, 3.05) is 19.4 Å². The van der Waals surface area contributed by atoms with E-state index in [0.717, 1.165) is 22.3 Å². The summed E-state index contributed by atoms with van der Waals surface area (Å²) in [7, 11) is 1.91. The molecule has 14 heavy (non-hydrogen) atoms. The minimum Gasteiger partial charge on any atom is -0.396 e. The number of aromatic nitrogens is 2. The summed E-state index contributed by atoms with van der Waals surface area (Å²) in [5.41, 5.74) is 0. The van der Waals surface area contributed by atoms with Crippen molar-refractivity contribution in [1.29, 1.82) is 0 Å². The number of nitrogens with one attached hydrogen (secondary N) is 1. The molecule has 0 spiro atoms. The maximum absolute atomic E-state index is 8.79. The Hall–Kier alpha value is -0.170. The fourth-order valence-electron chi connectivity index (χ4n) is 0.975. The normalized spacial score (nSPS) is 13.1. The van der Waals surface area contributed by atoms with E-state index in [-0.39, 0.29) is 6.61 Å². The van der Waals surface area contributed by atoms with E-state index >= 15 is 0 Å². The predicted molar refractivity (Wildman–Crippen MR) is 59.9 cm³/mol. The summed E-state index contributed by atoms with van der Waals surface area (Å²) in [6, 6.07) is 0.342. The van der Waals surface area contributed by atoms with Gasteiger partial charge in [-0.3, -0.25) is 0 Å². The molecule has 0 saturated heterocycles. The van der Waals surface area contributed by atoms with Gasteiger partial charge >= 0.3 is 0 Å². The highest BCUT2D eigenvalue weighted by atomic mass is 32.2. The maximum Gasteiger partial charge on any atom is 0.170 e. The van der Waals surface area contributed by atoms with Crippen molar-refractivity contribution in [2.45, 2.75) is 23.7 Å². The van der Waals surface area contributed by atoms with Crippen LogP contribution in [0, 0.1) is 6.92 Å². The molecule has 0 radical (unpaired) electrons. The number of aryl methyl sites for hydroxylation is 1. The summed E-state index contributed by atoms with van der Waals surface area (Å²) < 4.78 is 5.11. The van der Waals surface area contributed by atoms with Gasteiger partial charge in [0.15, 0.2) is 4.34 Å². The van der Waals surface area contributed by atoms with Crippen LogP contribution in [0.4, 0.5) is 0 Å². The molecule has 0 aliphatic rings. The van der Waals surface area contributed by atoms with E-state index in [1.807, 2.05) is 14.0 Å². The van der Waals surface area contributed by atoms with Crippen LogP contribution in [0.5, 0.6) is 0 Å². The van der Waals surface area contributed by atoms with Crippen LogP contribution < -0.4 is 5.32 Å². The minimum absolute atomic E-state index is 0.223. The van der Waals surface area contributed by atoms with Crippen LogP contribution in [0.15, 0.2) is 4.34 Å². The molecule has 1 aromatic rings. The first-order chi connectivity index (χ1) is 6.76. The Kier molecular flexibility index (Phi) is 5.39. The molecule has 4 nitrogen and oxygen atoms in total. The second kappa shape index (κ2) is 6.34. The quantitative estimate of drug-likeness (QED) is 0.715. The van der Waals surface area contributed by atoms with Gasteiger partial charge in [-0.2, -0.15) is 4.37 Å². The van der Waals surface area contributed by atoms with Crippen molar-refractivity contribution in [2.24, 2.45) is 0 Å². The molecule has 0 amide bonds. The number of aliphatic hydroxyl groups excluding tert-OH is 1. The number of rotatable bonds is 6. The number of nitrogens with zero attached hydrogens (tertiary/aromatic N) is 2. The molecular formula is C8H15N3OS2. The summed E-state index contributed by atoms with van der Waals surface area (Å²) in [5.74, 6) is 1.76. The molecule has 0 aliphatic heterocycles. The Bertz CT molecular complexity index is 267. The van der Waals surface area contributed by atoms with Gasteiger partial charge in [-0.05, 0) is 31.9 Å². The van der Waals surface area contributed by atoms with Crippen LogP contribution in [0.3, 0.4) is 0 Å². The van der Waals surface area contributed by atoms with Crippen molar-refractivity contribution < 1.29 is 5.11 Å². The summed E-state index contributed by atoms with van der Waals surface area (Å²) in [6.07, 6.45) is 0.779. The number of aliphatic hydroxyl groups is 1. The molecule has 6 heteroatoms. The van der Waals surface area contributed by atoms with E-state index in [2.05, 4.69) is 14.7 Å². The third-order valence-corrected chi connectivity index (χ3v) is 3.89. The highest BCUT2D eigenvalue weighted by Gasteiger charge is 2.08. The third kappa shape index (κ3) is 3.91. The Balaban J connectivity index is 2.31. The summed E-state index contributed by atoms with van der Waals surface area (Å²) in [4.78, 5) is 4.26. The average Bonchev–Trinajstić information content (AvgIpc) is 2.59. The highest BCUT2D eigenvalue weighted by Crippen LogP contribution is 2.20. The van der Waals surface area contributed by atoms with Crippen LogP contribution in [0.1, 0.15) is 12.2 Å². The summed E-state index contributed by atoms with van der Waals surface area (Å²) in [5, 5.41) is 12.0. The highest BCUT2D eigenvalue weighted by molar-refractivity contribution is 8.00. The van der Waals surface area contributed by atoms with Gasteiger partial charge in [0.1, 0.15) is 5.82 Å². The topological polar surface area (TPSA) is 58.0 Å². The van der Waals surface area contributed by atoms with Crippen LogP contribution >= 0.6 is 23.3 Å². The summed E-state index contributed by atoms with van der Waals surface area (Å²) >= 11 is 3.12. The first-order valence-corrected chi connectivity index (χ1v) is 6.23. The second-order valence-electron chi connectivity index (χ2n) is 2.92. The molecule has 1 unspecified atom stereocenters. The lowest BCUT2D eigenvalue weighted by atomic mass is 10.2. The molecule has 0 aromatic carbocycles. The number of hydrogen-bond donors (Lipinski definition) is 2. The van der Waals surface area contributed by atoms with Crippen LogP contribution in [-0.4, -0.2) is 39.9 Å². The van der Waals surface area contributed by atoms with Gasteiger partial charge in [-0.1, -0.05) is 11.8 Å². The van der Waals surface area contributed by atoms with E-state index in [1.165, 1.54) is 11.5 Å². The predicted octanol–water partition coefficient (Wildman–Crippen LogP) is 0.909. The smallest absolute Gasteiger partial charge is 0.170 e. The maximum atomic E-state index is 8.79. The van der Waals surface area contributed by atoms with Crippen LogP contribution in [0.2, 0.25) is 0 Å². The standard InChI is InChI=1S/C8H15N3OS2/c1-6-10-8(14-11-6)13-5-7(9-2)3-4-12/h7,9,12H,3-5H2,1-2H3. The van der Waals surface area contributed by atoms with Gasteiger partial charge in [-0.25, -0.2) is 4.98 Å². The zero-order valence-electron chi connectivity index (χ0n) is 8.36. The SMILES string of the molecule is CNC(CCO)CSc1nc(C)ns1. The van der Waals surface area contributed by atoms with E-state index in [4.69, 9.17) is 5.11 Å². The fourth-order valence-corrected chi connectivity index (χ4v) is 2.80. The largest absolute Gasteiger partial charge is 0.396 e. The van der Waals surface area contributed by atoms with E-state index in [1.54, 1.807) is 11.8 Å². The van der Waals surface area contributed by atoms with Crippen molar-refractivity contribution >= 4 is 23.3 Å². The zero-order chi connectivity index (χ0) is 10.4. The molecule has 0 saturated carbocycles. The summed E-state index contributed by atoms with van der Waals surface area (Å²) in [6.45, 7) is 2.12. The monoisotopic (exact) mass is 233 g/mol. The van der Waals surface area contributed by atoms with Gasteiger partial charge in [0.2, 0.25) is 0 Å². The molecule has 0 fully saturated rings. The van der Waals surface area contributed by atoms with Crippen molar-refractivity contribution in [3.05, 3.63) is 5.82 Å². The van der Waals surface area contributed by atoms with Crippen LogP contribution in [0.25, 0.3) is 0 Å². The Labute approximate surface area is 92.3 Å². The molecular weight excluding hydrogens is 218 g/mol. The molecule has 0 aliphatic carbocycles. The Morgan fingerprint density at radius 2 is 2.43 bits per heavy atom. The second-order valence-corrected chi connectivity index (χ2v) is 4.94. The molecule has 1 heterocycles. The van der Waals surface area contributed by atoms with Crippen molar-refractivity contribution in [3.8, 4) is 0 Å². The first kappa shape index (κ1) is 11.9. The lowest BCUT2D eigenvalue weighted by Gasteiger charge is -2.12. The lowest BCUT2D eigenvalue weighted by Crippen LogP contribution is -2.28.